The minimum atomic E-state index is -0.547. The summed E-state index contributed by atoms with van der Waals surface area (Å²) in [6.45, 7) is 0.783. The zero-order valence-electron chi connectivity index (χ0n) is 14.8. The Morgan fingerprint density at radius 2 is 2.15 bits per heavy atom. The van der Waals surface area contributed by atoms with E-state index in [-0.39, 0.29) is 23.9 Å². The van der Waals surface area contributed by atoms with Crippen LogP contribution in [0, 0.1) is 0 Å². The van der Waals surface area contributed by atoms with E-state index < -0.39 is 6.10 Å². The molecule has 0 unspecified atom stereocenters. The van der Waals surface area contributed by atoms with Crippen molar-refractivity contribution in [2.45, 2.75) is 38.0 Å². The fourth-order valence-electron chi connectivity index (χ4n) is 3.77. The Morgan fingerprint density at radius 1 is 1.30 bits per heavy atom. The second-order valence-corrected chi connectivity index (χ2v) is 7.81. The van der Waals surface area contributed by atoms with Gasteiger partial charge in [-0.05, 0) is 42.8 Å². The van der Waals surface area contributed by atoms with E-state index in [2.05, 4.69) is 5.10 Å². The van der Waals surface area contributed by atoms with Crippen LogP contribution in [0.2, 0.25) is 0 Å². The van der Waals surface area contributed by atoms with E-state index in [4.69, 9.17) is 0 Å². The van der Waals surface area contributed by atoms with Gasteiger partial charge in [-0.15, -0.1) is 11.3 Å². The first-order valence-electron chi connectivity index (χ1n) is 9.09. The summed E-state index contributed by atoms with van der Waals surface area (Å²) in [5, 5.41) is 17.1. The first-order valence-corrected chi connectivity index (χ1v) is 9.97. The molecule has 1 aliphatic rings. The molecule has 0 spiro atoms. The van der Waals surface area contributed by atoms with Gasteiger partial charge in [-0.25, -0.2) is 0 Å². The summed E-state index contributed by atoms with van der Waals surface area (Å²) in [5.74, 6) is -0.0304. The SMILES string of the molecule is O=C(Cn1ncc(=O)c2ccccc21)N1CCC[C@@H]1C[C@H](O)c1cccs1. The number of para-hydroxylation sites is 1. The summed E-state index contributed by atoms with van der Waals surface area (Å²) in [6.07, 6.45) is 3.09. The van der Waals surface area contributed by atoms with Crippen LogP contribution in [0.4, 0.5) is 0 Å². The average molecular weight is 383 g/mol. The van der Waals surface area contributed by atoms with E-state index in [1.54, 1.807) is 22.9 Å². The van der Waals surface area contributed by atoms with Gasteiger partial charge in [-0.2, -0.15) is 5.10 Å². The van der Waals surface area contributed by atoms with Crippen molar-refractivity contribution in [2.24, 2.45) is 0 Å². The number of hydrogen-bond acceptors (Lipinski definition) is 5. The van der Waals surface area contributed by atoms with Crippen molar-refractivity contribution in [3.63, 3.8) is 0 Å². The predicted molar refractivity (Wildman–Crippen MR) is 105 cm³/mol. The van der Waals surface area contributed by atoms with Crippen molar-refractivity contribution in [1.29, 1.82) is 0 Å². The molecule has 0 aliphatic carbocycles. The molecule has 140 valence electrons. The van der Waals surface area contributed by atoms with Crippen molar-refractivity contribution in [3.05, 3.63) is 63.1 Å². The van der Waals surface area contributed by atoms with Crippen LogP contribution in [-0.4, -0.2) is 38.3 Å². The number of nitrogens with zero attached hydrogens (tertiary/aromatic N) is 3. The lowest BCUT2D eigenvalue weighted by Crippen LogP contribution is -2.39. The molecule has 0 saturated carbocycles. The molecule has 0 radical (unpaired) electrons. The molecule has 0 bridgehead atoms. The van der Waals surface area contributed by atoms with Gasteiger partial charge in [0.05, 0.1) is 17.8 Å². The number of thiophene rings is 1. The number of aliphatic hydroxyl groups is 1. The molecule has 3 aromatic rings. The van der Waals surface area contributed by atoms with Crippen molar-refractivity contribution < 1.29 is 9.90 Å². The number of aliphatic hydroxyl groups excluding tert-OH is 1. The molecule has 27 heavy (non-hydrogen) atoms. The molecule has 6 nitrogen and oxygen atoms in total. The molecule has 1 saturated heterocycles. The molecule has 7 heteroatoms. The zero-order chi connectivity index (χ0) is 18.8. The summed E-state index contributed by atoms with van der Waals surface area (Å²) < 4.78 is 1.59. The monoisotopic (exact) mass is 383 g/mol. The maximum atomic E-state index is 12.9. The van der Waals surface area contributed by atoms with Crippen LogP contribution in [0.5, 0.6) is 0 Å². The number of amides is 1. The topological polar surface area (TPSA) is 75.4 Å². The predicted octanol–water partition coefficient (Wildman–Crippen LogP) is 2.57. The lowest BCUT2D eigenvalue weighted by atomic mass is 10.1. The lowest BCUT2D eigenvalue weighted by Gasteiger charge is -2.26. The molecule has 2 aromatic heterocycles. The highest BCUT2D eigenvalue weighted by molar-refractivity contribution is 7.10. The van der Waals surface area contributed by atoms with Gasteiger partial charge in [0.15, 0.2) is 0 Å². The van der Waals surface area contributed by atoms with Gasteiger partial charge in [0.1, 0.15) is 6.54 Å². The first-order chi connectivity index (χ1) is 13.1. The summed E-state index contributed by atoms with van der Waals surface area (Å²) in [5.41, 5.74) is 0.514. The zero-order valence-corrected chi connectivity index (χ0v) is 15.6. The van der Waals surface area contributed by atoms with Crippen LogP contribution in [0.1, 0.15) is 30.2 Å². The third-order valence-corrected chi connectivity index (χ3v) is 6.08. The molecule has 1 aromatic carbocycles. The smallest absolute Gasteiger partial charge is 0.244 e. The maximum Gasteiger partial charge on any atom is 0.244 e. The van der Waals surface area contributed by atoms with E-state index in [0.717, 1.165) is 17.7 Å². The third-order valence-electron chi connectivity index (χ3n) is 5.11. The van der Waals surface area contributed by atoms with Gasteiger partial charge in [0.2, 0.25) is 11.3 Å². The first kappa shape index (κ1) is 17.9. The van der Waals surface area contributed by atoms with Crippen LogP contribution in [0.3, 0.4) is 0 Å². The van der Waals surface area contributed by atoms with E-state index >= 15 is 0 Å². The van der Waals surface area contributed by atoms with Gasteiger partial charge in [-0.3, -0.25) is 14.3 Å². The highest BCUT2D eigenvalue weighted by Crippen LogP contribution is 2.29. The van der Waals surface area contributed by atoms with E-state index in [1.807, 2.05) is 28.5 Å². The van der Waals surface area contributed by atoms with Crippen LogP contribution in [0.25, 0.3) is 10.9 Å². The number of carbonyl (C=O) groups excluding carboxylic acids is 1. The standard InChI is InChI=1S/C20H21N3O3S/c24-17(19-8-4-10-27-19)11-14-5-3-9-22(14)20(26)13-23-16-7-2-1-6-15(16)18(25)12-21-23/h1-2,4,6-8,10,12,14,17,24H,3,5,9,11,13H2/t14-,17+/m1/s1. The lowest BCUT2D eigenvalue weighted by molar-refractivity contribution is -0.133. The van der Waals surface area contributed by atoms with Crippen molar-refractivity contribution >= 4 is 28.1 Å². The Bertz CT molecular complexity index is 999. The van der Waals surface area contributed by atoms with Gasteiger partial charge in [0.25, 0.3) is 0 Å². The normalized spacial score (nSPS) is 18.1. The summed E-state index contributed by atoms with van der Waals surface area (Å²) in [4.78, 5) is 27.7. The van der Waals surface area contributed by atoms with Crippen LogP contribution in [-0.2, 0) is 11.3 Å². The molecular weight excluding hydrogens is 362 g/mol. The Balaban J connectivity index is 1.51. The second kappa shape index (κ2) is 7.62. The Morgan fingerprint density at radius 3 is 2.96 bits per heavy atom. The Hall–Kier alpha value is -2.51. The molecule has 1 fully saturated rings. The van der Waals surface area contributed by atoms with Crippen molar-refractivity contribution in [2.75, 3.05) is 6.54 Å². The number of benzene rings is 1. The second-order valence-electron chi connectivity index (χ2n) is 6.83. The number of hydrogen-bond donors (Lipinski definition) is 1. The molecule has 2 atom stereocenters. The Labute approximate surface area is 160 Å². The number of fused-ring (bicyclic) bond motifs is 1. The fraction of sp³-hybridized carbons (Fsp3) is 0.350. The summed E-state index contributed by atoms with van der Waals surface area (Å²) in [7, 11) is 0. The Kier molecular flexibility index (Phi) is 5.05. The highest BCUT2D eigenvalue weighted by Gasteiger charge is 2.31. The maximum absolute atomic E-state index is 12.9. The highest BCUT2D eigenvalue weighted by atomic mass is 32.1. The molecule has 4 rings (SSSR count). The van der Waals surface area contributed by atoms with Gasteiger partial charge < -0.3 is 10.0 Å². The van der Waals surface area contributed by atoms with Gasteiger partial charge >= 0.3 is 0 Å². The molecule has 1 N–H and O–H groups in total. The molecule has 3 heterocycles. The molecule has 1 aliphatic heterocycles. The van der Waals surface area contributed by atoms with Crippen LogP contribution >= 0.6 is 11.3 Å². The average Bonchev–Trinajstić information content (AvgIpc) is 3.36. The molecular formula is C20H21N3O3S. The largest absolute Gasteiger partial charge is 0.387 e. The van der Waals surface area contributed by atoms with Gasteiger partial charge in [-0.1, -0.05) is 18.2 Å². The summed E-state index contributed by atoms with van der Waals surface area (Å²) in [6, 6.07) is 11.1. The minimum Gasteiger partial charge on any atom is -0.387 e. The van der Waals surface area contributed by atoms with Crippen LogP contribution < -0.4 is 5.43 Å². The number of aromatic nitrogens is 2. The van der Waals surface area contributed by atoms with Crippen molar-refractivity contribution in [1.82, 2.24) is 14.7 Å². The third kappa shape index (κ3) is 3.65. The minimum absolute atomic E-state index is 0.0280. The number of rotatable bonds is 5. The van der Waals surface area contributed by atoms with Crippen molar-refractivity contribution in [3.8, 4) is 0 Å². The fourth-order valence-corrected chi connectivity index (χ4v) is 4.49. The van der Waals surface area contributed by atoms with Crippen LogP contribution in [0.15, 0.2) is 52.8 Å². The summed E-state index contributed by atoms with van der Waals surface area (Å²) >= 11 is 1.53. The number of likely N-dealkylation sites (tertiary alicyclic amines) is 1. The molecule has 1 amide bonds. The quantitative estimate of drug-likeness (QED) is 0.735. The van der Waals surface area contributed by atoms with Gasteiger partial charge in [0, 0.05) is 22.8 Å². The van der Waals surface area contributed by atoms with E-state index in [9.17, 15) is 14.7 Å². The number of carbonyl (C=O) groups is 1. The van der Waals surface area contributed by atoms with E-state index in [0.29, 0.717) is 23.9 Å². The van der Waals surface area contributed by atoms with E-state index in [1.165, 1.54) is 17.5 Å².